The third kappa shape index (κ3) is 1.93. The molecule has 0 saturated carbocycles. The van der Waals surface area contributed by atoms with Crippen molar-refractivity contribution in [3.05, 3.63) is 40.1 Å². The Hall–Kier alpha value is -2.37. The molecule has 0 spiro atoms. The zero-order valence-corrected chi connectivity index (χ0v) is 11.9. The predicted octanol–water partition coefficient (Wildman–Crippen LogP) is 2.31. The van der Waals surface area contributed by atoms with Crippen molar-refractivity contribution in [2.24, 2.45) is 0 Å². The number of aromatic amines is 1. The van der Waals surface area contributed by atoms with E-state index in [4.69, 9.17) is 4.42 Å². The first-order chi connectivity index (χ1) is 9.36. The molecule has 1 aromatic carbocycles. The number of benzene rings is 1. The van der Waals surface area contributed by atoms with Gasteiger partial charge < -0.3 is 9.40 Å². The van der Waals surface area contributed by atoms with Crippen LogP contribution in [0.4, 0.5) is 0 Å². The quantitative estimate of drug-likeness (QED) is 0.737. The summed E-state index contributed by atoms with van der Waals surface area (Å²) in [6.07, 6.45) is 0. The van der Waals surface area contributed by atoms with Gasteiger partial charge in [0, 0.05) is 5.41 Å². The van der Waals surface area contributed by atoms with Crippen molar-refractivity contribution in [2.45, 2.75) is 33.1 Å². The highest BCUT2D eigenvalue weighted by atomic mass is 16.4. The summed E-state index contributed by atoms with van der Waals surface area (Å²) in [4.78, 5) is 14.9. The monoisotopic (exact) mass is 272 g/mol. The maximum absolute atomic E-state index is 12.1. The Labute approximate surface area is 115 Å². The number of rotatable bonds is 1. The van der Waals surface area contributed by atoms with Gasteiger partial charge in [0.1, 0.15) is 0 Å². The van der Waals surface area contributed by atoms with Crippen molar-refractivity contribution in [3.63, 3.8) is 0 Å². The molecule has 0 aliphatic heterocycles. The van der Waals surface area contributed by atoms with Gasteiger partial charge >= 0.3 is 11.7 Å². The molecule has 0 aliphatic rings. The fraction of sp³-hybridized carbons (Fsp3) is 0.357. The molecule has 2 aromatic heterocycles. The summed E-state index contributed by atoms with van der Waals surface area (Å²) in [5, 5.41) is 8.00. The van der Waals surface area contributed by atoms with Crippen LogP contribution in [0.25, 0.3) is 17.0 Å². The average Bonchev–Trinajstić information content (AvgIpc) is 2.90. The summed E-state index contributed by atoms with van der Waals surface area (Å²) in [5.74, 6) is 0.501. The molecule has 1 N–H and O–H groups in total. The van der Waals surface area contributed by atoms with E-state index in [-0.39, 0.29) is 17.1 Å². The van der Waals surface area contributed by atoms with Crippen molar-refractivity contribution in [3.8, 4) is 6.01 Å². The van der Waals surface area contributed by atoms with E-state index >= 15 is 0 Å². The van der Waals surface area contributed by atoms with Gasteiger partial charge in [-0.3, -0.25) is 0 Å². The lowest BCUT2D eigenvalue weighted by atomic mass is 9.97. The highest BCUT2D eigenvalue weighted by Gasteiger charge is 2.23. The fourth-order valence-corrected chi connectivity index (χ4v) is 2.02. The van der Waals surface area contributed by atoms with Crippen LogP contribution in [0.2, 0.25) is 0 Å². The first kappa shape index (κ1) is 12.7. The lowest BCUT2D eigenvalue weighted by molar-refractivity contribution is 0.385. The van der Waals surface area contributed by atoms with E-state index in [0.29, 0.717) is 5.89 Å². The van der Waals surface area contributed by atoms with Crippen LogP contribution < -0.4 is 5.69 Å². The minimum absolute atomic E-state index is 0.190. The average molecular weight is 272 g/mol. The molecular formula is C14H16N4O2. The number of nitrogens with one attached hydrogen (secondary N) is 1. The van der Waals surface area contributed by atoms with Gasteiger partial charge in [0.15, 0.2) is 0 Å². The Balaban J connectivity index is 2.22. The Bertz CT molecular complexity index is 833. The third-order valence-corrected chi connectivity index (χ3v) is 3.08. The molecule has 104 valence electrons. The maximum atomic E-state index is 12.1. The molecule has 3 rings (SSSR count). The second kappa shape index (κ2) is 4.06. The van der Waals surface area contributed by atoms with E-state index in [9.17, 15) is 4.79 Å². The van der Waals surface area contributed by atoms with Crippen LogP contribution in [0.15, 0.2) is 27.4 Å². The first-order valence-electron chi connectivity index (χ1n) is 6.42. The summed E-state index contributed by atoms with van der Waals surface area (Å²) in [5.41, 5.74) is 2.02. The molecule has 0 unspecified atom stereocenters. The number of H-pyrrole nitrogens is 1. The second-order valence-corrected chi connectivity index (χ2v) is 5.93. The molecule has 6 heteroatoms. The third-order valence-electron chi connectivity index (χ3n) is 3.08. The summed E-state index contributed by atoms with van der Waals surface area (Å²) in [7, 11) is 0. The Morgan fingerprint density at radius 1 is 1.25 bits per heavy atom. The van der Waals surface area contributed by atoms with Crippen LogP contribution in [0.3, 0.4) is 0 Å². The second-order valence-electron chi connectivity index (χ2n) is 5.93. The van der Waals surface area contributed by atoms with E-state index in [1.165, 1.54) is 4.57 Å². The van der Waals surface area contributed by atoms with E-state index in [1.807, 2.05) is 45.9 Å². The van der Waals surface area contributed by atoms with Gasteiger partial charge in [-0.15, -0.1) is 5.10 Å². The number of fused-ring (bicyclic) bond motifs is 1. The number of hydrogen-bond acceptors (Lipinski definition) is 4. The molecular weight excluding hydrogens is 256 g/mol. The standard InChI is InChI=1S/C14H16N4O2/c1-8-5-6-10-9(7-8)15-12(19)18(10)13-17-16-11(20-13)14(2,3)4/h5-7H,1-4H3,(H,15,19). The number of nitrogens with zero attached hydrogens (tertiary/aromatic N) is 3. The highest BCUT2D eigenvalue weighted by molar-refractivity contribution is 5.77. The predicted molar refractivity (Wildman–Crippen MR) is 75.2 cm³/mol. The summed E-state index contributed by atoms with van der Waals surface area (Å²) < 4.78 is 7.03. The van der Waals surface area contributed by atoms with E-state index in [2.05, 4.69) is 15.2 Å². The van der Waals surface area contributed by atoms with E-state index < -0.39 is 0 Å². The molecule has 0 aliphatic carbocycles. The molecule has 0 radical (unpaired) electrons. The summed E-state index contributed by atoms with van der Waals surface area (Å²) >= 11 is 0. The zero-order chi connectivity index (χ0) is 14.5. The highest BCUT2D eigenvalue weighted by Crippen LogP contribution is 2.22. The van der Waals surface area contributed by atoms with Gasteiger partial charge in [-0.1, -0.05) is 31.9 Å². The molecule has 0 fully saturated rings. The van der Waals surface area contributed by atoms with Gasteiger partial charge in [-0.25, -0.2) is 9.36 Å². The van der Waals surface area contributed by atoms with Gasteiger partial charge in [0.05, 0.1) is 11.0 Å². The van der Waals surface area contributed by atoms with Crippen molar-refractivity contribution < 1.29 is 4.42 Å². The Morgan fingerprint density at radius 2 is 2.00 bits per heavy atom. The minimum atomic E-state index is -0.283. The van der Waals surface area contributed by atoms with E-state index in [0.717, 1.165) is 16.6 Å². The number of aromatic nitrogens is 4. The number of aryl methyl sites for hydroxylation is 1. The van der Waals surface area contributed by atoms with Gasteiger partial charge in [0.2, 0.25) is 5.89 Å². The molecule has 2 heterocycles. The molecule has 0 atom stereocenters. The molecule has 6 nitrogen and oxygen atoms in total. The normalized spacial score (nSPS) is 12.2. The van der Waals surface area contributed by atoms with Crippen molar-refractivity contribution in [1.82, 2.24) is 19.7 Å². The molecule has 3 aromatic rings. The summed E-state index contributed by atoms with van der Waals surface area (Å²) in [6, 6.07) is 5.90. The van der Waals surface area contributed by atoms with Crippen LogP contribution in [0.1, 0.15) is 32.2 Å². The van der Waals surface area contributed by atoms with Crippen LogP contribution in [0.5, 0.6) is 0 Å². The van der Waals surface area contributed by atoms with Crippen LogP contribution in [0, 0.1) is 6.92 Å². The maximum Gasteiger partial charge on any atom is 0.334 e. The first-order valence-corrected chi connectivity index (χ1v) is 6.42. The van der Waals surface area contributed by atoms with Crippen LogP contribution >= 0.6 is 0 Å². The smallest absolute Gasteiger partial charge is 0.334 e. The van der Waals surface area contributed by atoms with Crippen molar-refractivity contribution in [2.75, 3.05) is 0 Å². The Kier molecular flexibility index (Phi) is 2.57. The van der Waals surface area contributed by atoms with Gasteiger partial charge in [-0.2, -0.15) is 0 Å². The number of hydrogen-bond donors (Lipinski definition) is 1. The van der Waals surface area contributed by atoms with Crippen molar-refractivity contribution >= 4 is 11.0 Å². The van der Waals surface area contributed by atoms with Gasteiger partial charge in [0.25, 0.3) is 0 Å². The fourth-order valence-electron chi connectivity index (χ4n) is 2.02. The molecule has 20 heavy (non-hydrogen) atoms. The van der Waals surface area contributed by atoms with Crippen LogP contribution in [-0.2, 0) is 5.41 Å². The largest absolute Gasteiger partial charge is 0.407 e. The topological polar surface area (TPSA) is 76.7 Å². The van der Waals surface area contributed by atoms with Crippen LogP contribution in [-0.4, -0.2) is 19.7 Å². The lowest BCUT2D eigenvalue weighted by Gasteiger charge is -2.10. The Morgan fingerprint density at radius 3 is 2.65 bits per heavy atom. The SMILES string of the molecule is Cc1ccc2c(c1)[nH]c(=O)n2-c1nnc(C(C)(C)C)o1. The summed E-state index contributed by atoms with van der Waals surface area (Å²) in [6.45, 7) is 7.91. The molecule has 0 saturated heterocycles. The zero-order valence-electron chi connectivity index (χ0n) is 11.9. The van der Waals surface area contributed by atoms with Crippen molar-refractivity contribution in [1.29, 1.82) is 0 Å². The molecule has 0 amide bonds. The molecule has 0 bridgehead atoms. The van der Waals surface area contributed by atoms with E-state index in [1.54, 1.807) is 0 Å². The lowest BCUT2D eigenvalue weighted by Crippen LogP contribution is -2.15. The minimum Gasteiger partial charge on any atom is -0.407 e. The van der Waals surface area contributed by atoms with Gasteiger partial charge in [-0.05, 0) is 24.6 Å². The number of imidazole rings is 1.